The van der Waals surface area contributed by atoms with E-state index in [0.29, 0.717) is 5.56 Å². The van der Waals surface area contributed by atoms with Crippen LogP contribution in [0.3, 0.4) is 0 Å². The highest BCUT2D eigenvalue weighted by molar-refractivity contribution is 6.08. The molecule has 3 rings (SSSR count). The maximum Gasteiger partial charge on any atom is 0.306 e. The van der Waals surface area contributed by atoms with E-state index in [1.54, 1.807) is 31.2 Å². The van der Waals surface area contributed by atoms with Crippen molar-refractivity contribution in [2.75, 3.05) is 6.61 Å². The molecule has 4 heteroatoms. The van der Waals surface area contributed by atoms with E-state index in [1.165, 1.54) is 12.2 Å². The Labute approximate surface area is 128 Å². The minimum Gasteiger partial charge on any atom is -0.466 e. The smallest absolute Gasteiger partial charge is 0.306 e. The molecule has 1 unspecified atom stereocenters. The Hall–Kier alpha value is -2.49. The Morgan fingerprint density at radius 3 is 2.55 bits per heavy atom. The Kier molecular flexibility index (Phi) is 3.53. The molecule has 2 aliphatic carbocycles. The molecular weight excluding hydrogens is 280 g/mol. The van der Waals surface area contributed by atoms with Crippen LogP contribution in [0.5, 0.6) is 0 Å². The third kappa shape index (κ3) is 2.11. The van der Waals surface area contributed by atoms with Crippen molar-refractivity contribution < 1.29 is 19.1 Å². The van der Waals surface area contributed by atoms with E-state index in [2.05, 4.69) is 0 Å². The van der Waals surface area contributed by atoms with E-state index in [0.717, 1.165) is 5.56 Å². The largest absolute Gasteiger partial charge is 0.466 e. The van der Waals surface area contributed by atoms with Gasteiger partial charge in [-0.3, -0.25) is 14.4 Å². The van der Waals surface area contributed by atoms with Crippen LogP contribution < -0.4 is 0 Å². The third-order valence-electron chi connectivity index (χ3n) is 4.28. The summed E-state index contributed by atoms with van der Waals surface area (Å²) in [7, 11) is 0. The van der Waals surface area contributed by atoms with E-state index >= 15 is 0 Å². The van der Waals surface area contributed by atoms with Crippen LogP contribution in [0, 0.1) is 5.92 Å². The second-order valence-electron chi connectivity index (χ2n) is 5.47. The maximum atomic E-state index is 12.7. The molecule has 22 heavy (non-hydrogen) atoms. The van der Waals surface area contributed by atoms with Crippen LogP contribution in [-0.2, 0) is 19.7 Å². The number of rotatable bonds is 3. The number of esters is 1. The molecule has 0 aliphatic heterocycles. The Morgan fingerprint density at radius 1 is 1.18 bits per heavy atom. The molecule has 0 saturated carbocycles. The summed E-state index contributed by atoms with van der Waals surface area (Å²) in [4.78, 5) is 36.1. The van der Waals surface area contributed by atoms with Gasteiger partial charge in [0.15, 0.2) is 11.6 Å². The number of benzene rings is 1. The summed E-state index contributed by atoms with van der Waals surface area (Å²) in [6.07, 6.45) is 6.41. The van der Waals surface area contributed by atoms with Crippen molar-refractivity contribution in [3.63, 3.8) is 0 Å². The summed E-state index contributed by atoms with van der Waals surface area (Å²) in [5, 5.41) is 0. The Balaban J connectivity index is 2.07. The summed E-state index contributed by atoms with van der Waals surface area (Å²) in [5.74, 6) is -1.15. The summed E-state index contributed by atoms with van der Waals surface area (Å²) in [5.41, 5.74) is 0.726. The van der Waals surface area contributed by atoms with Gasteiger partial charge in [-0.05, 0) is 24.6 Å². The molecule has 1 spiro atoms. The maximum absolute atomic E-state index is 12.7. The van der Waals surface area contributed by atoms with Crippen LogP contribution in [0.4, 0.5) is 0 Å². The topological polar surface area (TPSA) is 60.4 Å². The van der Waals surface area contributed by atoms with Crippen molar-refractivity contribution >= 4 is 17.5 Å². The second kappa shape index (κ2) is 5.37. The van der Waals surface area contributed by atoms with Gasteiger partial charge in [-0.25, -0.2) is 0 Å². The molecule has 0 radical (unpaired) electrons. The van der Waals surface area contributed by atoms with Crippen molar-refractivity contribution in [3.05, 3.63) is 59.7 Å². The molecule has 0 N–H and O–H groups in total. The molecule has 0 heterocycles. The summed E-state index contributed by atoms with van der Waals surface area (Å²) in [6.45, 7) is 2.02. The van der Waals surface area contributed by atoms with Gasteiger partial charge in [0.25, 0.3) is 0 Å². The predicted molar refractivity (Wildman–Crippen MR) is 80.5 cm³/mol. The highest BCUT2D eigenvalue weighted by Crippen LogP contribution is 2.48. The van der Waals surface area contributed by atoms with Gasteiger partial charge < -0.3 is 4.74 Å². The molecule has 112 valence electrons. The lowest BCUT2D eigenvalue weighted by atomic mass is 9.71. The van der Waals surface area contributed by atoms with Crippen molar-refractivity contribution in [1.29, 1.82) is 0 Å². The van der Waals surface area contributed by atoms with Crippen molar-refractivity contribution in [2.45, 2.75) is 18.8 Å². The Morgan fingerprint density at radius 2 is 1.86 bits per heavy atom. The molecule has 0 fully saturated rings. The molecular formula is C18H16O4. The molecule has 2 aliphatic rings. The van der Waals surface area contributed by atoms with Crippen molar-refractivity contribution in [1.82, 2.24) is 0 Å². The molecule has 1 atom stereocenters. The quantitative estimate of drug-likeness (QED) is 0.804. The molecule has 0 aromatic heterocycles. The van der Waals surface area contributed by atoms with Crippen LogP contribution in [0.25, 0.3) is 0 Å². The normalized spacial score (nSPS) is 21.2. The van der Waals surface area contributed by atoms with Gasteiger partial charge in [-0.1, -0.05) is 36.4 Å². The van der Waals surface area contributed by atoms with Crippen LogP contribution in [0.1, 0.15) is 29.3 Å². The second-order valence-corrected chi connectivity index (χ2v) is 5.47. The fourth-order valence-electron chi connectivity index (χ4n) is 3.28. The van der Waals surface area contributed by atoms with E-state index in [4.69, 9.17) is 4.74 Å². The number of hydrogen-bond donors (Lipinski definition) is 0. The molecule has 0 bridgehead atoms. The summed E-state index contributed by atoms with van der Waals surface area (Å²) < 4.78 is 5.00. The SMILES string of the molecule is CCOC(=O)CC1C(=O)c2ccccc2C12C=CC(=O)C=C2. The zero-order chi connectivity index (χ0) is 15.7. The number of carbonyl (C=O) groups excluding carboxylic acids is 3. The first kappa shape index (κ1) is 14.4. The lowest BCUT2D eigenvalue weighted by Crippen LogP contribution is -2.33. The number of hydrogen-bond acceptors (Lipinski definition) is 4. The molecule has 1 aromatic rings. The fourth-order valence-corrected chi connectivity index (χ4v) is 3.28. The first-order chi connectivity index (χ1) is 10.6. The fraction of sp³-hybridized carbons (Fsp3) is 0.278. The summed E-state index contributed by atoms with van der Waals surface area (Å²) >= 11 is 0. The van der Waals surface area contributed by atoms with Gasteiger partial charge >= 0.3 is 5.97 Å². The number of allylic oxidation sites excluding steroid dienone is 4. The number of ketones is 2. The van der Waals surface area contributed by atoms with Crippen LogP contribution in [0.15, 0.2) is 48.6 Å². The first-order valence-electron chi connectivity index (χ1n) is 7.30. The average molecular weight is 296 g/mol. The minimum atomic E-state index is -0.728. The molecule has 0 saturated heterocycles. The number of fused-ring (bicyclic) bond motifs is 2. The van der Waals surface area contributed by atoms with E-state index in [1.807, 2.05) is 12.1 Å². The van der Waals surface area contributed by atoms with Gasteiger partial charge in [0.2, 0.25) is 0 Å². The van der Waals surface area contributed by atoms with Crippen molar-refractivity contribution in [2.24, 2.45) is 5.92 Å². The van der Waals surface area contributed by atoms with Crippen LogP contribution in [0.2, 0.25) is 0 Å². The average Bonchev–Trinajstić information content (AvgIpc) is 2.74. The van der Waals surface area contributed by atoms with Crippen LogP contribution >= 0.6 is 0 Å². The predicted octanol–water partition coefficient (Wildman–Crippen LogP) is 2.39. The molecule has 1 aromatic carbocycles. The monoisotopic (exact) mass is 296 g/mol. The van der Waals surface area contributed by atoms with Gasteiger partial charge in [0.1, 0.15) is 0 Å². The third-order valence-corrected chi connectivity index (χ3v) is 4.28. The number of Topliss-reactive ketones (excluding diaryl/α,β-unsaturated/α-hetero) is 1. The molecule has 4 nitrogen and oxygen atoms in total. The number of carbonyl (C=O) groups is 3. The first-order valence-corrected chi connectivity index (χ1v) is 7.30. The zero-order valence-corrected chi connectivity index (χ0v) is 12.2. The van der Waals surface area contributed by atoms with Crippen LogP contribution in [-0.4, -0.2) is 24.1 Å². The highest BCUT2D eigenvalue weighted by atomic mass is 16.5. The van der Waals surface area contributed by atoms with Gasteiger partial charge in [-0.2, -0.15) is 0 Å². The van der Waals surface area contributed by atoms with E-state index < -0.39 is 17.3 Å². The van der Waals surface area contributed by atoms with E-state index in [9.17, 15) is 14.4 Å². The summed E-state index contributed by atoms with van der Waals surface area (Å²) in [6, 6.07) is 7.31. The lowest BCUT2D eigenvalue weighted by molar-refractivity contribution is -0.144. The Bertz CT molecular complexity index is 696. The van der Waals surface area contributed by atoms with Gasteiger partial charge in [0, 0.05) is 16.9 Å². The van der Waals surface area contributed by atoms with Gasteiger partial charge in [-0.15, -0.1) is 0 Å². The number of ether oxygens (including phenoxy) is 1. The van der Waals surface area contributed by atoms with Gasteiger partial charge in [0.05, 0.1) is 13.0 Å². The highest BCUT2D eigenvalue weighted by Gasteiger charge is 2.50. The van der Waals surface area contributed by atoms with Crippen molar-refractivity contribution in [3.8, 4) is 0 Å². The minimum absolute atomic E-state index is 0.00419. The molecule has 0 amide bonds. The lowest BCUT2D eigenvalue weighted by Gasteiger charge is -2.30. The van der Waals surface area contributed by atoms with E-state index in [-0.39, 0.29) is 24.6 Å². The zero-order valence-electron chi connectivity index (χ0n) is 12.2. The standard InChI is InChI=1S/C18H16O4/c1-2-22-16(20)11-15-17(21)13-5-3-4-6-14(13)18(15)9-7-12(19)8-10-18/h3-10,15H,2,11H2,1H3.